The van der Waals surface area contributed by atoms with Gasteiger partial charge >= 0.3 is 5.30 Å². The Morgan fingerprint density at radius 3 is 2.40 bits per heavy atom. The highest BCUT2D eigenvalue weighted by molar-refractivity contribution is 8.12. The quantitative estimate of drug-likeness (QED) is 0.590. The summed E-state index contributed by atoms with van der Waals surface area (Å²) in [5.41, 5.74) is 0. The molecule has 0 N–H and O–H groups in total. The Morgan fingerprint density at radius 1 is 1.20 bits per heavy atom. The molecule has 0 aromatic rings. The van der Waals surface area contributed by atoms with Gasteiger partial charge in [-0.25, -0.2) is 4.79 Å². The Labute approximate surface area is 124 Å². The van der Waals surface area contributed by atoms with Crippen LogP contribution in [-0.4, -0.2) is 48.9 Å². The van der Waals surface area contributed by atoms with E-state index in [-0.39, 0.29) is 35.8 Å². The third-order valence-corrected chi connectivity index (χ3v) is 3.74. The minimum Gasteiger partial charge on any atom is -0.450 e. The van der Waals surface area contributed by atoms with Crippen molar-refractivity contribution in [2.45, 2.75) is 57.2 Å². The monoisotopic (exact) mass is 302 g/mol. The van der Waals surface area contributed by atoms with E-state index in [4.69, 9.17) is 18.9 Å². The van der Waals surface area contributed by atoms with Crippen molar-refractivity contribution in [3.63, 3.8) is 0 Å². The Kier molecular flexibility index (Phi) is 5.89. The second kappa shape index (κ2) is 7.45. The molecule has 5 nitrogen and oxygen atoms in total. The SMILES string of the molecule is CSC(=O)OC1/C=C/C(OC(C)C)CC2OCOC2C1. The summed E-state index contributed by atoms with van der Waals surface area (Å²) in [5.74, 6) is 0. The van der Waals surface area contributed by atoms with Gasteiger partial charge in [0.2, 0.25) is 0 Å². The fourth-order valence-electron chi connectivity index (χ4n) is 2.44. The smallest absolute Gasteiger partial charge is 0.367 e. The average molecular weight is 302 g/mol. The van der Waals surface area contributed by atoms with E-state index in [9.17, 15) is 4.79 Å². The first kappa shape index (κ1) is 15.8. The number of carbonyl (C=O) groups is 1. The van der Waals surface area contributed by atoms with Gasteiger partial charge in [0.05, 0.1) is 24.4 Å². The molecule has 1 heterocycles. The number of hydrogen-bond donors (Lipinski definition) is 0. The van der Waals surface area contributed by atoms with Crippen LogP contribution < -0.4 is 0 Å². The Hall–Kier alpha value is -0.560. The molecule has 6 heteroatoms. The highest BCUT2D eigenvalue weighted by atomic mass is 32.2. The lowest BCUT2D eigenvalue weighted by atomic mass is 9.97. The number of ether oxygens (including phenoxy) is 4. The molecule has 1 saturated heterocycles. The van der Waals surface area contributed by atoms with E-state index in [1.807, 2.05) is 26.0 Å². The predicted molar refractivity (Wildman–Crippen MR) is 76.8 cm³/mol. The molecule has 4 atom stereocenters. The number of fused-ring (bicyclic) bond motifs is 1. The topological polar surface area (TPSA) is 54.0 Å². The number of carbonyl (C=O) groups excluding carboxylic acids is 1. The van der Waals surface area contributed by atoms with E-state index in [1.54, 1.807) is 6.26 Å². The molecule has 20 heavy (non-hydrogen) atoms. The van der Waals surface area contributed by atoms with E-state index >= 15 is 0 Å². The molecule has 2 rings (SSSR count). The summed E-state index contributed by atoms with van der Waals surface area (Å²) in [6, 6.07) is 0. The van der Waals surface area contributed by atoms with Gasteiger partial charge in [-0.3, -0.25) is 0 Å². The van der Waals surface area contributed by atoms with Crippen molar-refractivity contribution in [1.82, 2.24) is 0 Å². The molecule has 2 aliphatic rings. The Morgan fingerprint density at radius 2 is 1.80 bits per heavy atom. The summed E-state index contributed by atoms with van der Waals surface area (Å²) in [6.07, 6.45) is 6.73. The summed E-state index contributed by atoms with van der Waals surface area (Å²) < 4.78 is 22.4. The molecule has 4 unspecified atom stereocenters. The maximum atomic E-state index is 11.4. The summed E-state index contributed by atoms with van der Waals surface area (Å²) in [5, 5.41) is -0.281. The third-order valence-electron chi connectivity index (χ3n) is 3.31. The molecule has 1 aliphatic carbocycles. The largest absolute Gasteiger partial charge is 0.450 e. The zero-order chi connectivity index (χ0) is 14.5. The fourth-order valence-corrected chi connectivity index (χ4v) is 2.66. The molecule has 0 aromatic heterocycles. The van der Waals surface area contributed by atoms with Crippen LogP contribution in [0.25, 0.3) is 0 Å². The van der Waals surface area contributed by atoms with Crippen molar-refractivity contribution in [2.24, 2.45) is 0 Å². The molecule has 0 amide bonds. The van der Waals surface area contributed by atoms with Crippen molar-refractivity contribution >= 4 is 17.1 Å². The average Bonchev–Trinajstić information content (AvgIpc) is 2.79. The van der Waals surface area contributed by atoms with Crippen LogP contribution in [0.5, 0.6) is 0 Å². The molecule has 0 spiro atoms. The summed E-state index contributed by atoms with van der Waals surface area (Å²) in [4.78, 5) is 11.4. The molecular weight excluding hydrogens is 280 g/mol. The van der Waals surface area contributed by atoms with Gasteiger partial charge in [-0.05, 0) is 37.9 Å². The maximum absolute atomic E-state index is 11.4. The molecular formula is C14H22O5S. The van der Waals surface area contributed by atoms with Crippen LogP contribution in [-0.2, 0) is 18.9 Å². The first-order valence-electron chi connectivity index (χ1n) is 6.90. The normalized spacial score (nSPS) is 35.2. The van der Waals surface area contributed by atoms with Crippen molar-refractivity contribution in [1.29, 1.82) is 0 Å². The lowest BCUT2D eigenvalue weighted by Crippen LogP contribution is -2.34. The van der Waals surface area contributed by atoms with E-state index in [0.29, 0.717) is 13.2 Å². The highest BCUT2D eigenvalue weighted by Gasteiger charge is 2.35. The second-order valence-electron chi connectivity index (χ2n) is 5.22. The Bertz CT molecular complexity index is 357. The van der Waals surface area contributed by atoms with E-state index in [1.165, 1.54) is 0 Å². The van der Waals surface area contributed by atoms with Crippen molar-refractivity contribution in [2.75, 3.05) is 13.0 Å². The summed E-state index contributed by atoms with van der Waals surface area (Å²) in [6.45, 7) is 4.30. The third kappa shape index (κ3) is 4.48. The van der Waals surface area contributed by atoms with Crippen LogP contribution in [0.3, 0.4) is 0 Å². The van der Waals surface area contributed by atoms with Gasteiger partial charge in [0.25, 0.3) is 0 Å². The molecule has 114 valence electrons. The minimum atomic E-state index is -0.289. The molecule has 0 saturated carbocycles. The molecule has 0 radical (unpaired) electrons. The van der Waals surface area contributed by atoms with Crippen LogP contribution in [0.1, 0.15) is 26.7 Å². The lowest BCUT2D eigenvalue weighted by molar-refractivity contribution is -0.00999. The second-order valence-corrected chi connectivity index (χ2v) is 5.96. The van der Waals surface area contributed by atoms with Gasteiger partial charge < -0.3 is 18.9 Å². The van der Waals surface area contributed by atoms with Crippen LogP contribution in [0.4, 0.5) is 4.79 Å². The van der Waals surface area contributed by atoms with Gasteiger partial charge in [0, 0.05) is 12.8 Å². The van der Waals surface area contributed by atoms with E-state index < -0.39 is 0 Å². The van der Waals surface area contributed by atoms with Gasteiger partial charge in [-0.2, -0.15) is 0 Å². The molecule has 1 aliphatic heterocycles. The van der Waals surface area contributed by atoms with Gasteiger partial charge in [-0.15, -0.1) is 0 Å². The van der Waals surface area contributed by atoms with Crippen molar-refractivity contribution < 1.29 is 23.7 Å². The van der Waals surface area contributed by atoms with Gasteiger partial charge in [0.1, 0.15) is 12.9 Å². The first-order valence-corrected chi connectivity index (χ1v) is 8.12. The van der Waals surface area contributed by atoms with Gasteiger partial charge in [-0.1, -0.05) is 6.08 Å². The van der Waals surface area contributed by atoms with Crippen molar-refractivity contribution in [3.8, 4) is 0 Å². The van der Waals surface area contributed by atoms with Crippen LogP contribution in [0.2, 0.25) is 0 Å². The fraction of sp³-hybridized carbons (Fsp3) is 0.786. The standard InChI is InChI=1S/C14H22O5S/c1-9(2)18-10-4-5-11(19-14(15)20-3)7-13-12(6-10)16-8-17-13/h4-5,9-13H,6-8H2,1-3H3/b5-4+. The lowest BCUT2D eigenvalue weighted by Gasteiger charge is -2.27. The predicted octanol–water partition coefficient (Wildman–Crippen LogP) is 2.74. The zero-order valence-electron chi connectivity index (χ0n) is 12.1. The number of thioether (sulfide) groups is 1. The van der Waals surface area contributed by atoms with Crippen LogP contribution >= 0.6 is 11.8 Å². The summed E-state index contributed by atoms with van der Waals surface area (Å²) in [7, 11) is 0. The summed E-state index contributed by atoms with van der Waals surface area (Å²) >= 11 is 1.07. The van der Waals surface area contributed by atoms with E-state index in [0.717, 1.165) is 18.2 Å². The zero-order valence-corrected chi connectivity index (χ0v) is 12.9. The minimum absolute atomic E-state index is 0.000758. The van der Waals surface area contributed by atoms with Crippen LogP contribution in [0, 0.1) is 0 Å². The number of rotatable bonds is 3. The molecule has 0 aromatic carbocycles. The van der Waals surface area contributed by atoms with Gasteiger partial charge in [0.15, 0.2) is 0 Å². The number of hydrogen-bond acceptors (Lipinski definition) is 6. The maximum Gasteiger partial charge on any atom is 0.367 e. The highest BCUT2D eigenvalue weighted by Crippen LogP contribution is 2.27. The molecule has 0 bridgehead atoms. The van der Waals surface area contributed by atoms with E-state index in [2.05, 4.69) is 0 Å². The van der Waals surface area contributed by atoms with Crippen LogP contribution in [0.15, 0.2) is 12.2 Å². The first-order chi connectivity index (χ1) is 9.58. The van der Waals surface area contributed by atoms with Crippen molar-refractivity contribution in [3.05, 3.63) is 12.2 Å². The Balaban J connectivity index is 2.06. The molecule has 1 fully saturated rings.